The molecule has 1 aromatic heterocycles. The van der Waals surface area contributed by atoms with E-state index in [-0.39, 0.29) is 0 Å². The average Bonchev–Trinajstić information content (AvgIpc) is 2.43. The van der Waals surface area contributed by atoms with Gasteiger partial charge in [-0.1, -0.05) is 43.2 Å². The summed E-state index contributed by atoms with van der Waals surface area (Å²) in [5, 5.41) is 11.7. The molecule has 0 aliphatic rings. The highest BCUT2D eigenvalue weighted by molar-refractivity contribution is 9.10. The molecule has 0 fully saturated rings. The Kier molecular flexibility index (Phi) is 2.62. The minimum atomic E-state index is 0.371. The van der Waals surface area contributed by atoms with Crippen LogP contribution in [0.25, 0.3) is 10.1 Å². The first-order valence-electron chi connectivity index (χ1n) is 3.67. The summed E-state index contributed by atoms with van der Waals surface area (Å²) in [6, 6.07) is 5.89. The molecule has 0 radical (unpaired) electrons. The first-order valence-corrected chi connectivity index (χ1v) is 6.40. The fraction of sp³-hybridized carbons (Fsp3) is 0.111. The highest BCUT2D eigenvalue weighted by Crippen LogP contribution is 2.35. The lowest BCUT2D eigenvalue weighted by molar-refractivity contribution is 0.491. The lowest BCUT2D eigenvalue weighted by atomic mass is 10.1. The van der Waals surface area contributed by atoms with Crippen LogP contribution in [0.2, 0.25) is 0 Å². The minimum absolute atomic E-state index is 0.371. The van der Waals surface area contributed by atoms with Gasteiger partial charge in [-0.05, 0) is 23.8 Å². The van der Waals surface area contributed by atoms with Crippen LogP contribution in [-0.2, 0) is 5.33 Å². The van der Waals surface area contributed by atoms with Gasteiger partial charge in [0.25, 0.3) is 0 Å². The maximum Gasteiger partial charge on any atom is 0.172 e. The van der Waals surface area contributed by atoms with E-state index in [0.717, 1.165) is 19.9 Å². The second-order valence-corrected chi connectivity index (χ2v) is 5.23. The number of hydrogen-bond donors (Lipinski definition) is 1. The highest BCUT2D eigenvalue weighted by Gasteiger charge is 2.06. The Morgan fingerprint density at radius 3 is 2.77 bits per heavy atom. The molecule has 0 spiro atoms. The van der Waals surface area contributed by atoms with Crippen molar-refractivity contribution < 1.29 is 5.11 Å². The predicted octanol–water partition coefficient (Wildman–Crippen LogP) is 4.26. The van der Waals surface area contributed by atoms with Crippen LogP contribution in [-0.4, -0.2) is 5.11 Å². The zero-order chi connectivity index (χ0) is 9.42. The number of benzene rings is 1. The van der Waals surface area contributed by atoms with Crippen molar-refractivity contribution in [2.45, 2.75) is 5.33 Å². The van der Waals surface area contributed by atoms with E-state index in [1.807, 2.05) is 12.1 Å². The monoisotopic (exact) mass is 320 g/mol. The molecule has 0 unspecified atom stereocenters. The van der Waals surface area contributed by atoms with Gasteiger partial charge in [0.2, 0.25) is 0 Å². The van der Waals surface area contributed by atoms with Crippen molar-refractivity contribution in [3.63, 3.8) is 0 Å². The van der Waals surface area contributed by atoms with Gasteiger partial charge in [-0.15, -0.1) is 0 Å². The van der Waals surface area contributed by atoms with Crippen LogP contribution in [0, 0.1) is 0 Å². The van der Waals surface area contributed by atoms with Gasteiger partial charge in [-0.2, -0.15) is 0 Å². The van der Waals surface area contributed by atoms with Crippen LogP contribution in [0.4, 0.5) is 0 Å². The molecule has 2 rings (SSSR count). The van der Waals surface area contributed by atoms with E-state index in [2.05, 4.69) is 37.9 Å². The van der Waals surface area contributed by atoms with E-state index in [1.165, 1.54) is 16.9 Å². The summed E-state index contributed by atoms with van der Waals surface area (Å²) in [7, 11) is 0. The molecule has 1 aromatic carbocycles. The Morgan fingerprint density at radius 1 is 1.31 bits per heavy atom. The highest BCUT2D eigenvalue weighted by atomic mass is 79.9. The predicted molar refractivity (Wildman–Crippen MR) is 63.8 cm³/mol. The molecule has 0 aliphatic carbocycles. The van der Waals surface area contributed by atoms with E-state index >= 15 is 0 Å². The lowest BCUT2D eigenvalue weighted by Crippen LogP contribution is -1.77. The Labute approximate surface area is 96.6 Å². The van der Waals surface area contributed by atoms with Gasteiger partial charge in [0, 0.05) is 19.9 Å². The first kappa shape index (κ1) is 9.49. The molecule has 68 valence electrons. The third-order valence-corrected chi connectivity index (χ3v) is 3.77. The fourth-order valence-corrected chi connectivity index (χ4v) is 3.28. The van der Waals surface area contributed by atoms with E-state index < -0.39 is 0 Å². The standard InChI is InChI=1S/C9H6Br2OS/c10-4-5-1-6(11)2-8-7(5)3-9(12)13-8/h1-3,12H,4H2. The van der Waals surface area contributed by atoms with E-state index in [0.29, 0.717) is 5.06 Å². The van der Waals surface area contributed by atoms with Gasteiger partial charge in [0.05, 0.1) is 0 Å². The summed E-state index contributed by atoms with van der Waals surface area (Å²) in [6.07, 6.45) is 0. The van der Waals surface area contributed by atoms with Crippen LogP contribution in [0.5, 0.6) is 5.06 Å². The number of thiophene rings is 1. The van der Waals surface area contributed by atoms with Gasteiger partial charge < -0.3 is 5.11 Å². The third-order valence-electron chi connectivity index (χ3n) is 1.82. The smallest absolute Gasteiger partial charge is 0.172 e. The van der Waals surface area contributed by atoms with Crippen LogP contribution in [0.15, 0.2) is 22.7 Å². The number of hydrogen-bond acceptors (Lipinski definition) is 2. The van der Waals surface area contributed by atoms with E-state index in [4.69, 9.17) is 0 Å². The molecule has 0 amide bonds. The number of aromatic hydroxyl groups is 1. The molecule has 0 bridgehead atoms. The van der Waals surface area contributed by atoms with Crippen molar-refractivity contribution in [1.82, 2.24) is 0 Å². The van der Waals surface area contributed by atoms with Gasteiger partial charge in [0.15, 0.2) is 5.06 Å². The molecular weight excluding hydrogens is 316 g/mol. The Morgan fingerprint density at radius 2 is 2.08 bits per heavy atom. The zero-order valence-electron chi connectivity index (χ0n) is 6.55. The third kappa shape index (κ3) is 1.75. The van der Waals surface area contributed by atoms with Crippen molar-refractivity contribution in [2.75, 3.05) is 0 Å². The molecule has 1 heterocycles. The van der Waals surface area contributed by atoms with Crippen molar-refractivity contribution in [3.8, 4) is 5.06 Å². The average molecular weight is 322 g/mol. The topological polar surface area (TPSA) is 20.2 Å². The quantitative estimate of drug-likeness (QED) is 0.778. The number of rotatable bonds is 1. The molecule has 0 atom stereocenters. The van der Waals surface area contributed by atoms with Crippen LogP contribution >= 0.6 is 43.2 Å². The van der Waals surface area contributed by atoms with Crippen molar-refractivity contribution >= 4 is 53.3 Å². The molecule has 0 aliphatic heterocycles. The molecule has 2 aromatic rings. The first-order chi connectivity index (χ1) is 6.20. The normalized spacial score (nSPS) is 10.9. The molecule has 0 saturated heterocycles. The molecule has 4 heteroatoms. The molecule has 13 heavy (non-hydrogen) atoms. The molecular formula is C9H6Br2OS. The summed E-state index contributed by atoms with van der Waals surface area (Å²) in [4.78, 5) is 0. The summed E-state index contributed by atoms with van der Waals surface area (Å²) in [5.41, 5.74) is 1.20. The largest absolute Gasteiger partial charge is 0.499 e. The Hall–Kier alpha value is -0.0600. The number of alkyl halides is 1. The van der Waals surface area contributed by atoms with Crippen molar-refractivity contribution in [3.05, 3.63) is 28.2 Å². The van der Waals surface area contributed by atoms with E-state index in [1.54, 1.807) is 0 Å². The minimum Gasteiger partial charge on any atom is -0.499 e. The van der Waals surface area contributed by atoms with Gasteiger partial charge in [0.1, 0.15) is 0 Å². The van der Waals surface area contributed by atoms with E-state index in [9.17, 15) is 5.11 Å². The maximum absolute atomic E-state index is 9.35. The molecule has 1 nitrogen and oxygen atoms in total. The summed E-state index contributed by atoms with van der Waals surface area (Å²) in [5.74, 6) is 0. The maximum atomic E-state index is 9.35. The zero-order valence-corrected chi connectivity index (χ0v) is 10.5. The number of fused-ring (bicyclic) bond motifs is 1. The van der Waals surface area contributed by atoms with Crippen molar-refractivity contribution in [1.29, 1.82) is 0 Å². The lowest BCUT2D eigenvalue weighted by Gasteiger charge is -1.98. The van der Waals surface area contributed by atoms with Gasteiger partial charge in [-0.3, -0.25) is 0 Å². The second kappa shape index (κ2) is 3.59. The fourth-order valence-electron chi connectivity index (χ4n) is 1.27. The van der Waals surface area contributed by atoms with Crippen molar-refractivity contribution in [2.24, 2.45) is 0 Å². The second-order valence-electron chi connectivity index (χ2n) is 2.69. The van der Waals surface area contributed by atoms with Gasteiger partial charge >= 0.3 is 0 Å². The Bertz CT molecular complexity index is 450. The van der Waals surface area contributed by atoms with Crippen LogP contribution < -0.4 is 0 Å². The van der Waals surface area contributed by atoms with Crippen LogP contribution in [0.1, 0.15) is 5.56 Å². The SMILES string of the molecule is Oc1cc2c(CBr)cc(Br)cc2s1. The molecule has 1 N–H and O–H groups in total. The molecule has 0 saturated carbocycles. The Balaban J connectivity index is 2.80. The summed E-state index contributed by atoms with van der Waals surface area (Å²) < 4.78 is 2.16. The summed E-state index contributed by atoms with van der Waals surface area (Å²) in [6.45, 7) is 0. The number of halogens is 2. The summed E-state index contributed by atoms with van der Waals surface area (Å²) >= 11 is 8.26. The van der Waals surface area contributed by atoms with Crippen LogP contribution in [0.3, 0.4) is 0 Å². The van der Waals surface area contributed by atoms with Gasteiger partial charge in [-0.25, -0.2) is 0 Å².